The Bertz CT molecular complexity index is 1160. The van der Waals surface area contributed by atoms with Crippen LogP contribution >= 0.6 is 0 Å². The van der Waals surface area contributed by atoms with Gasteiger partial charge in [0.05, 0.1) is 11.2 Å². The third kappa shape index (κ3) is 4.83. The van der Waals surface area contributed by atoms with Crippen LogP contribution < -0.4 is 9.80 Å². The van der Waals surface area contributed by atoms with Crippen molar-refractivity contribution in [2.45, 2.75) is 38.5 Å². The number of carbonyl (C=O) groups is 1. The molecule has 1 aromatic heterocycles. The molecule has 0 N–H and O–H groups in total. The fraction of sp³-hybridized carbons (Fsp3) is 0.444. The van der Waals surface area contributed by atoms with E-state index in [9.17, 15) is 9.18 Å². The molecule has 1 amide bonds. The summed E-state index contributed by atoms with van der Waals surface area (Å²) in [7, 11) is 0. The van der Waals surface area contributed by atoms with Crippen LogP contribution in [0.1, 0.15) is 44.3 Å². The average molecular weight is 462 g/mol. The Balaban J connectivity index is 1.26. The molecule has 5 rings (SSSR count). The highest BCUT2D eigenvalue weighted by Gasteiger charge is 2.29. The van der Waals surface area contributed by atoms with E-state index in [1.54, 1.807) is 12.1 Å². The van der Waals surface area contributed by atoms with E-state index in [-0.39, 0.29) is 11.7 Å². The molecule has 34 heavy (non-hydrogen) atoms. The van der Waals surface area contributed by atoms with Gasteiger partial charge >= 0.3 is 0 Å². The number of amides is 1. The van der Waals surface area contributed by atoms with Crippen LogP contribution in [0.5, 0.6) is 0 Å². The highest BCUT2D eigenvalue weighted by Crippen LogP contribution is 2.40. The molecule has 2 aliphatic rings. The fourth-order valence-corrected chi connectivity index (χ4v) is 4.73. The van der Waals surface area contributed by atoms with E-state index >= 15 is 0 Å². The third-order valence-electron chi connectivity index (χ3n) is 6.76. The molecule has 1 aliphatic heterocycles. The van der Waals surface area contributed by atoms with Gasteiger partial charge in [-0.2, -0.15) is 0 Å². The minimum Gasteiger partial charge on any atom is -0.366 e. The van der Waals surface area contributed by atoms with Crippen molar-refractivity contribution in [3.8, 4) is 0 Å². The number of halogens is 1. The van der Waals surface area contributed by atoms with E-state index in [4.69, 9.17) is 9.97 Å². The number of para-hydroxylation sites is 2. The number of carbonyl (C=O) groups excluding carboxylic acids is 1. The average Bonchev–Trinajstić information content (AvgIpc) is 3.72. The molecule has 1 saturated heterocycles. The quantitative estimate of drug-likeness (QED) is 0.491. The molecule has 7 heteroatoms. The van der Waals surface area contributed by atoms with E-state index in [1.165, 1.54) is 6.07 Å². The Hall–Kier alpha value is -3.22. The van der Waals surface area contributed by atoms with Gasteiger partial charge < -0.3 is 14.7 Å². The highest BCUT2D eigenvalue weighted by molar-refractivity contribution is 5.90. The largest absolute Gasteiger partial charge is 0.366 e. The monoisotopic (exact) mass is 461 g/mol. The highest BCUT2D eigenvalue weighted by atomic mass is 19.1. The number of hydrogen-bond acceptors (Lipinski definition) is 5. The SMILES string of the molecule is CCCN(CCC(=O)N1CCN(c2ccccc2F)CC1)c1nc(C2CC2)nc2ccccc12. The van der Waals surface area contributed by atoms with Gasteiger partial charge in [0.1, 0.15) is 17.5 Å². The first-order chi connectivity index (χ1) is 16.6. The molecular weight excluding hydrogens is 429 g/mol. The summed E-state index contributed by atoms with van der Waals surface area (Å²) >= 11 is 0. The number of anilines is 2. The lowest BCUT2D eigenvalue weighted by Gasteiger charge is -2.36. The Kier molecular flexibility index (Phi) is 6.61. The van der Waals surface area contributed by atoms with Crippen LogP contribution in [-0.2, 0) is 4.79 Å². The van der Waals surface area contributed by atoms with Gasteiger partial charge in [-0.1, -0.05) is 31.2 Å². The number of fused-ring (bicyclic) bond motifs is 1. The maximum atomic E-state index is 14.1. The number of nitrogens with zero attached hydrogens (tertiary/aromatic N) is 5. The predicted molar refractivity (Wildman–Crippen MR) is 134 cm³/mol. The first kappa shape index (κ1) is 22.6. The van der Waals surface area contributed by atoms with Gasteiger partial charge in [0, 0.05) is 57.0 Å². The summed E-state index contributed by atoms with van der Waals surface area (Å²) in [6.07, 6.45) is 3.73. The Morgan fingerprint density at radius 3 is 2.47 bits per heavy atom. The van der Waals surface area contributed by atoms with Crippen molar-refractivity contribution in [1.82, 2.24) is 14.9 Å². The summed E-state index contributed by atoms with van der Waals surface area (Å²) in [5, 5.41) is 1.05. The Morgan fingerprint density at radius 2 is 1.74 bits per heavy atom. The van der Waals surface area contributed by atoms with Gasteiger partial charge in [0.25, 0.3) is 0 Å². The summed E-state index contributed by atoms with van der Waals surface area (Å²) in [6, 6.07) is 15.0. The summed E-state index contributed by atoms with van der Waals surface area (Å²) in [6.45, 7) is 6.15. The molecule has 0 unspecified atom stereocenters. The Morgan fingerprint density at radius 1 is 1.00 bits per heavy atom. The van der Waals surface area contributed by atoms with E-state index in [1.807, 2.05) is 28.0 Å². The van der Waals surface area contributed by atoms with Crippen molar-refractivity contribution in [3.05, 3.63) is 60.2 Å². The zero-order valence-corrected chi connectivity index (χ0v) is 19.8. The summed E-state index contributed by atoms with van der Waals surface area (Å²) in [5.41, 5.74) is 1.59. The standard InChI is InChI=1S/C27H32FN5O/c1-2-14-33(27-21-7-3-5-9-23(21)29-26(30-27)20-11-12-20)15-13-25(34)32-18-16-31(17-19-32)24-10-6-4-8-22(24)28/h3-10,20H,2,11-19H2,1H3. The molecular formula is C27H32FN5O. The van der Waals surface area contributed by atoms with Crippen molar-refractivity contribution in [2.24, 2.45) is 0 Å². The molecule has 1 aliphatic carbocycles. The molecule has 178 valence electrons. The van der Waals surface area contributed by atoms with Crippen LogP contribution in [0, 0.1) is 5.82 Å². The smallest absolute Gasteiger partial charge is 0.224 e. The normalized spacial score (nSPS) is 16.2. The maximum Gasteiger partial charge on any atom is 0.224 e. The van der Waals surface area contributed by atoms with Gasteiger partial charge in [-0.05, 0) is 43.5 Å². The molecule has 2 aromatic carbocycles. The molecule has 0 radical (unpaired) electrons. The zero-order chi connectivity index (χ0) is 23.5. The third-order valence-corrected chi connectivity index (χ3v) is 6.76. The summed E-state index contributed by atoms with van der Waals surface area (Å²) in [5.74, 6) is 2.30. The molecule has 6 nitrogen and oxygen atoms in total. The predicted octanol–water partition coefficient (Wildman–Crippen LogP) is 4.60. The maximum absolute atomic E-state index is 14.1. The van der Waals surface area contributed by atoms with Gasteiger partial charge in [-0.3, -0.25) is 4.79 Å². The molecule has 2 fully saturated rings. The van der Waals surface area contributed by atoms with Gasteiger partial charge in [0.15, 0.2) is 0 Å². The van der Waals surface area contributed by atoms with Crippen LogP contribution in [0.3, 0.4) is 0 Å². The minimum atomic E-state index is -0.208. The molecule has 2 heterocycles. The van der Waals surface area contributed by atoms with Crippen molar-refractivity contribution < 1.29 is 9.18 Å². The van der Waals surface area contributed by atoms with Crippen molar-refractivity contribution >= 4 is 28.3 Å². The van der Waals surface area contributed by atoms with Crippen LogP contribution in [0.15, 0.2) is 48.5 Å². The van der Waals surface area contributed by atoms with Gasteiger partial charge in [0.2, 0.25) is 5.91 Å². The lowest BCUT2D eigenvalue weighted by molar-refractivity contribution is -0.131. The second-order valence-electron chi connectivity index (χ2n) is 9.25. The zero-order valence-electron chi connectivity index (χ0n) is 19.8. The fourth-order valence-electron chi connectivity index (χ4n) is 4.73. The number of rotatable bonds is 8. The topological polar surface area (TPSA) is 52.6 Å². The number of aromatic nitrogens is 2. The van der Waals surface area contributed by atoms with Crippen LogP contribution in [0.4, 0.5) is 15.9 Å². The summed E-state index contributed by atoms with van der Waals surface area (Å²) < 4.78 is 14.1. The first-order valence-corrected chi connectivity index (χ1v) is 12.4. The molecule has 3 aromatic rings. The van der Waals surface area contributed by atoms with E-state index in [0.29, 0.717) is 50.7 Å². The summed E-state index contributed by atoms with van der Waals surface area (Å²) in [4.78, 5) is 29.0. The van der Waals surface area contributed by atoms with Gasteiger partial charge in [-0.25, -0.2) is 14.4 Å². The lowest BCUT2D eigenvalue weighted by atomic mass is 10.2. The molecule has 0 bridgehead atoms. The lowest BCUT2D eigenvalue weighted by Crippen LogP contribution is -2.49. The molecule has 0 spiro atoms. The number of hydrogen-bond donors (Lipinski definition) is 0. The van der Waals surface area contributed by atoms with Crippen LogP contribution in [-0.4, -0.2) is 60.0 Å². The van der Waals surface area contributed by atoms with Crippen molar-refractivity contribution in [1.29, 1.82) is 0 Å². The first-order valence-electron chi connectivity index (χ1n) is 12.4. The molecule has 1 saturated carbocycles. The van der Waals surface area contributed by atoms with E-state index in [2.05, 4.69) is 24.0 Å². The Labute approximate surface area is 200 Å². The van der Waals surface area contributed by atoms with E-state index < -0.39 is 0 Å². The second kappa shape index (κ2) is 9.95. The van der Waals surface area contributed by atoms with Crippen molar-refractivity contribution in [2.75, 3.05) is 49.1 Å². The number of benzene rings is 2. The second-order valence-corrected chi connectivity index (χ2v) is 9.25. The van der Waals surface area contributed by atoms with E-state index in [0.717, 1.165) is 48.4 Å². The van der Waals surface area contributed by atoms with Gasteiger partial charge in [-0.15, -0.1) is 0 Å². The van der Waals surface area contributed by atoms with Crippen LogP contribution in [0.25, 0.3) is 10.9 Å². The van der Waals surface area contributed by atoms with Crippen molar-refractivity contribution in [3.63, 3.8) is 0 Å². The number of piperazine rings is 1. The molecule has 0 atom stereocenters. The van der Waals surface area contributed by atoms with Crippen LogP contribution in [0.2, 0.25) is 0 Å². The minimum absolute atomic E-state index is 0.148.